The van der Waals surface area contributed by atoms with Crippen LogP contribution in [0.3, 0.4) is 0 Å². The standard InChI is InChI=1S/C13H11F3O4/c1-19-11(17)10(12(18)20-2)7-8-3-5-9(6-4-8)13(14,15)16/h3-7H,1-2H3. The van der Waals surface area contributed by atoms with Gasteiger partial charge in [0.15, 0.2) is 0 Å². The van der Waals surface area contributed by atoms with Crippen LogP contribution in [0.1, 0.15) is 11.1 Å². The molecule has 0 aliphatic heterocycles. The molecule has 0 unspecified atom stereocenters. The summed E-state index contributed by atoms with van der Waals surface area (Å²) < 4.78 is 45.9. The Labute approximate surface area is 112 Å². The monoisotopic (exact) mass is 288 g/mol. The van der Waals surface area contributed by atoms with Crippen molar-refractivity contribution in [2.75, 3.05) is 14.2 Å². The Morgan fingerprint density at radius 3 is 1.80 bits per heavy atom. The summed E-state index contributed by atoms with van der Waals surface area (Å²) in [4.78, 5) is 22.7. The van der Waals surface area contributed by atoms with Gasteiger partial charge >= 0.3 is 18.1 Å². The molecule has 0 saturated carbocycles. The van der Waals surface area contributed by atoms with Crippen molar-refractivity contribution in [1.82, 2.24) is 0 Å². The van der Waals surface area contributed by atoms with Crippen LogP contribution < -0.4 is 0 Å². The van der Waals surface area contributed by atoms with E-state index in [-0.39, 0.29) is 5.56 Å². The molecule has 4 nitrogen and oxygen atoms in total. The first-order valence-electron chi connectivity index (χ1n) is 5.35. The van der Waals surface area contributed by atoms with Crippen LogP contribution in [-0.2, 0) is 25.2 Å². The Bertz CT molecular complexity index is 512. The number of carbonyl (C=O) groups excluding carboxylic acids is 2. The highest BCUT2D eigenvalue weighted by atomic mass is 19.4. The molecule has 0 atom stereocenters. The zero-order chi connectivity index (χ0) is 15.3. The molecule has 0 aliphatic rings. The van der Waals surface area contributed by atoms with Crippen LogP contribution in [0.2, 0.25) is 0 Å². The summed E-state index contributed by atoms with van der Waals surface area (Å²) >= 11 is 0. The van der Waals surface area contributed by atoms with Gasteiger partial charge in [-0.2, -0.15) is 13.2 Å². The summed E-state index contributed by atoms with van der Waals surface area (Å²) in [5, 5.41) is 0. The molecule has 108 valence electrons. The molecule has 0 bridgehead atoms. The van der Waals surface area contributed by atoms with E-state index >= 15 is 0 Å². The van der Waals surface area contributed by atoms with Crippen LogP contribution in [0.5, 0.6) is 0 Å². The van der Waals surface area contributed by atoms with E-state index in [2.05, 4.69) is 9.47 Å². The number of benzene rings is 1. The predicted octanol–water partition coefficient (Wildman–Crippen LogP) is 2.43. The number of esters is 2. The van der Waals surface area contributed by atoms with E-state index in [4.69, 9.17) is 0 Å². The Morgan fingerprint density at radius 2 is 1.45 bits per heavy atom. The summed E-state index contributed by atoms with van der Waals surface area (Å²) in [7, 11) is 2.15. The average molecular weight is 288 g/mol. The molecule has 0 aromatic heterocycles. The van der Waals surface area contributed by atoms with E-state index in [1.165, 1.54) is 0 Å². The highest BCUT2D eigenvalue weighted by molar-refractivity contribution is 6.17. The number of alkyl halides is 3. The third kappa shape index (κ3) is 3.84. The smallest absolute Gasteiger partial charge is 0.416 e. The number of rotatable bonds is 3. The van der Waals surface area contributed by atoms with Crippen molar-refractivity contribution in [2.24, 2.45) is 0 Å². The fourth-order valence-electron chi connectivity index (χ4n) is 1.36. The Morgan fingerprint density at radius 1 is 1.00 bits per heavy atom. The third-order valence-corrected chi connectivity index (χ3v) is 2.36. The number of ether oxygens (including phenoxy) is 2. The Kier molecular flexibility index (Phi) is 4.90. The summed E-state index contributed by atoms with van der Waals surface area (Å²) in [6.45, 7) is 0. The number of carbonyl (C=O) groups is 2. The lowest BCUT2D eigenvalue weighted by Gasteiger charge is -2.07. The maximum Gasteiger partial charge on any atom is 0.416 e. The molecule has 0 spiro atoms. The van der Waals surface area contributed by atoms with E-state index in [1.807, 2.05) is 0 Å². The lowest BCUT2D eigenvalue weighted by atomic mass is 10.1. The quantitative estimate of drug-likeness (QED) is 0.371. The average Bonchev–Trinajstić information content (AvgIpc) is 2.42. The number of hydrogen-bond donors (Lipinski definition) is 0. The molecule has 0 amide bonds. The van der Waals surface area contributed by atoms with Gasteiger partial charge in [0.2, 0.25) is 0 Å². The van der Waals surface area contributed by atoms with E-state index in [1.54, 1.807) is 0 Å². The molecule has 20 heavy (non-hydrogen) atoms. The molecule has 1 rings (SSSR count). The van der Waals surface area contributed by atoms with Gasteiger partial charge in [0.25, 0.3) is 0 Å². The van der Waals surface area contributed by atoms with Gasteiger partial charge in [-0.05, 0) is 23.8 Å². The topological polar surface area (TPSA) is 52.6 Å². The highest BCUT2D eigenvalue weighted by Crippen LogP contribution is 2.29. The molecule has 7 heteroatoms. The second-order valence-corrected chi connectivity index (χ2v) is 3.66. The van der Waals surface area contributed by atoms with Crippen LogP contribution in [-0.4, -0.2) is 26.2 Å². The first kappa shape index (κ1) is 15.7. The fourth-order valence-corrected chi connectivity index (χ4v) is 1.36. The third-order valence-electron chi connectivity index (χ3n) is 2.36. The molecule has 0 heterocycles. The van der Waals surface area contributed by atoms with Crippen LogP contribution in [0.15, 0.2) is 29.8 Å². The maximum absolute atomic E-state index is 12.4. The van der Waals surface area contributed by atoms with E-state index < -0.39 is 29.3 Å². The maximum atomic E-state index is 12.4. The summed E-state index contributed by atoms with van der Waals surface area (Å²) in [6, 6.07) is 3.96. The first-order chi connectivity index (χ1) is 9.29. The Hall–Kier alpha value is -2.31. The first-order valence-corrected chi connectivity index (χ1v) is 5.35. The number of methoxy groups -OCH3 is 2. The normalized spacial score (nSPS) is 10.7. The molecular weight excluding hydrogens is 277 g/mol. The molecule has 0 saturated heterocycles. The zero-order valence-corrected chi connectivity index (χ0v) is 10.7. The van der Waals surface area contributed by atoms with Gasteiger partial charge in [0.05, 0.1) is 19.8 Å². The van der Waals surface area contributed by atoms with E-state index in [0.29, 0.717) is 0 Å². The fraction of sp³-hybridized carbons (Fsp3) is 0.231. The predicted molar refractivity (Wildman–Crippen MR) is 63.5 cm³/mol. The number of halogens is 3. The minimum atomic E-state index is -4.45. The van der Waals surface area contributed by atoms with Crippen molar-refractivity contribution >= 4 is 18.0 Å². The van der Waals surface area contributed by atoms with Crippen LogP contribution >= 0.6 is 0 Å². The molecular formula is C13H11F3O4. The zero-order valence-electron chi connectivity index (χ0n) is 10.7. The largest absolute Gasteiger partial charge is 0.465 e. The van der Waals surface area contributed by atoms with Gasteiger partial charge in [-0.1, -0.05) is 12.1 Å². The van der Waals surface area contributed by atoms with Crippen molar-refractivity contribution in [2.45, 2.75) is 6.18 Å². The van der Waals surface area contributed by atoms with Gasteiger partial charge in [0, 0.05) is 0 Å². The summed E-state index contributed by atoms with van der Waals surface area (Å²) in [5.41, 5.74) is -0.995. The molecule has 1 aromatic carbocycles. The van der Waals surface area contributed by atoms with Crippen LogP contribution in [0, 0.1) is 0 Å². The highest BCUT2D eigenvalue weighted by Gasteiger charge is 2.30. The van der Waals surface area contributed by atoms with Crippen LogP contribution in [0.4, 0.5) is 13.2 Å². The van der Waals surface area contributed by atoms with Gasteiger partial charge in [-0.3, -0.25) is 0 Å². The van der Waals surface area contributed by atoms with Crippen LogP contribution in [0.25, 0.3) is 6.08 Å². The van der Waals surface area contributed by atoms with Crippen molar-refractivity contribution in [1.29, 1.82) is 0 Å². The van der Waals surface area contributed by atoms with Gasteiger partial charge < -0.3 is 9.47 Å². The van der Waals surface area contributed by atoms with Crippen molar-refractivity contribution < 1.29 is 32.2 Å². The Balaban J connectivity index is 3.12. The van der Waals surface area contributed by atoms with Crippen molar-refractivity contribution in [3.05, 3.63) is 41.0 Å². The van der Waals surface area contributed by atoms with Gasteiger partial charge in [-0.25, -0.2) is 9.59 Å². The lowest BCUT2D eigenvalue weighted by molar-refractivity contribution is -0.144. The lowest BCUT2D eigenvalue weighted by Crippen LogP contribution is -2.15. The van der Waals surface area contributed by atoms with Crippen molar-refractivity contribution in [3.63, 3.8) is 0 Å². The minimum Gasteiger partial charge on any atom is -0.465 e. The van der Waals surface area contributed by atoms with Crippen molar-refractivity contribution in [3.8, 4) is 0 Å². The second kappa shape index (κ2) is 6.23. The minimum absolute atomic E-state index is 0.240. The molecule has 0 radical (unpaired) electrons. The second-order valence-electron chi connectivity index (χ2n) is 3.66. The number of hydrogen-bond acceptors (Lipinski definition) is 4. The molecule has 0 fully saturated rings. The summed E-state index contributed by atoms with van der Waals surface area (Å²) in [6.07, 6.45) is -3.35. The molecule has 1 aromatic rings. The van der Waals surface area contributed by atoms with E-state index in [9.17, 15) is 22.8 Å². The van der Waals surface area contributed by atoms with Gasteiger partial charge in [0.1, 0.15) is 5.57 Å². The SMILES string of the molecule is COC(=O)C(=Cc1ccc(C(F)(F)F)cc1)C(=O)OC. The molecule has 0 N–H and O–H groups in total. The van der Waals surface area contributed by atoms with Gasteiger partial charge in [-0.15, -0.1) is 0 Å². The summed E-state index contributed by atoms with van der Waals surface area (Å²) in [5.74, 6) is -1.87. The molecule has 0 aliphatic carbocycles. The van der Waals surface area contributed by atoms with E-state index in [0.717, 1.165) is 44.6 Å².